The average Bonchev–Trinajstić information content (AvgIpc) is 3.07. The van der Waals surface area contributed by atoms with Gasteiger partial charge in [-0.3, -0.25) is 0 Å². The molecular formula is C17H21ClN2S2. The van der Waals surface area contributed by atoms with E-state index < -0.39 is 0 Å². The number of rotatable bonds is 5. The molecule has 0 spiro atoms. The van der Waals surface area contributed by atoms with E-state index in [-0.39, 0.29) is 4.08 Å². The Kier molecular flexibility index (Phi) is 5.42. The molecule has 1 aliphatic rings. The molecule has 118 valence electrons. The summed E-state index contributed by atoms with van der Waals surface area (Å²) in [5.41, 5.74) is 1.28. The van der Waals surface area contributed by atoms with E-state index in [0.29, 0.717) is 0 Å². The lowest BCUT2D eigenvalue weighted by Gasteiger charge is -2.41. The summed E-state index contributed by atoms with van der Waals surface area (Å²) >= 11 is 10.7. The fourth-order valence-corrected chi connectivity index (χ4v) is 7.12. The molecule has 2 aromatic rings. The number of benzene rings is 1. The van der Waals surface area contributed by atoms with Gasteiger partial charge in [-0.05, 0) is 36.6 Å². The number of aromatic nitrogens is 2. The van der Waals surface area contributed by atoms with Crippen LogP contribution in [0, 0.1) is 0 Å². The van der Waals surface area contributed by atoms with Crippen molar-refractivity contribution in [1.82, 2.24) is 9.55 Å². The van der Waals surface area contributed by atoms with Crippen LogP contribution >= 0.6 is 35.1 Å². The van der Waals surface area contributed by atoms with Gasteiger partial charge < -0.3 is 4.57 Å². The van der Waals surface area contributed by atoms with Gasteiger partial charge in [-0.15, -0.1) is 23.5 Å². The van der Waals surface area contributed by atoms with Gasteiger partial charge in [-0.2, -0.15) is 0 Å². The fourth-order valence-electron chi connectivity index (χ4n) is 2.88. The molecule has 0 aliphatic carbocycles. The van der Waals surface area contributed by atoms with Crippen LogP contribution in [0.15, 0.2) is 43.0 Å². The van der Waals surface area contributed by atoms with Crippen molar-refractivity contribution in [3.05, 3.63) is 53.6 Å². The summed E-state index contributed by atoms with van der Waals surface area (Å²) in [6, 6.07) is 8.35. The monoisotopic (exact) mass is 352 g/mol. The lowest BCUT2D eigenvalue weighted by Crippen LogP contribution is -2.29. The van der Waals surface area contributed by atoms with Gasteiger partial charge in [0.05, 0.1) is 10.4 Å². The molecule has 0 saturated carbocycles. The number of imidazole rings is 1. The van der Waals surface area contributed by atoms with Gasteiger partial charge in [0.2, 0.25) is 0 Å². The topological polar surface area (TPSA) is 17.8 Å². The van der Waals surface area contributed by atoms with E-state index in [9.17, 15) is 0 Å². The van der Waals surface area contributed by atoms with Crippen LogP contribution in [0.3, 0.4) is 0 Å². The van der Waals surface area contributed by atoms with Crippen LogP contribution in [0.2, 0.25) is 5.02 Å². The van der Waals surface area contributed by atoms with E-state index in [1.54, 1.807) is 0 Å². The van der Waals surface area contributed by atoms with Crippen LogP contribution in [0.1, 0.15) is 31.7 Å². The molecule has 1 saturated heterocycles. The summed E-state index contributed by atoms with van der Waals surface area (Å²) < 4.78 is 2.22. The first-order valence-corrected chi connectivity index (χ1v) is 10.0. The molecule has 2 heterocycles. The van der Waals surface area contributed by atoms with Crippen LogP contribution in [-0.2, 0) is 10.6 Å². The minimum atomic E-state index is 0.0571. The number of thioether (sulfide) groups is 2. The van der Waals surface area contributed by atoms with Crippen LogP contribution in [0.25, 0.3) is 0 Å². The molecule has 2 nitrogen and oxygen atoms in total. The fraction of sp³-hybridized carbons (Fsp3) is 0.471. The third kappa shape index (κ3) is 3.50. The summed E-state index contributed by atoms with van der Waals surface area (Å²) in [6.07, 6.45) is 9.37. The van der Waals surface area contributed by atoms with Crippen LogP contribution < -0.4 is 0 Å². The van der Waals surface area contributed by atoms with Crippen molar-refractivity contribution in [3.63, 3.8) is 0 Å². The molecule has 22 heavy (non-hydrogen) atoms. The predicted octanol–water partition coefficient (Wildman–Crippen LogP) is 5.43. The van der Waals surface area contributed by atoms with Gasteiger partial charge in [0.15, 0.2) is 0 Å². The second-order valence-electron chi connectivity index (χ2n) is 5.57. The largest absolute Gasteiger partial charge is 0.337 e. The Morgan fingerprint density at radius 2 is 2.27 bits per heavy atom. The molecule has 0 radical (unpaired) electrons. The molecule has 1 fully saturated rings. The van der Waals surface area contributed by atoms with Crippen molar-refractivity contribution in [2.75, 3.05) is 5.75 Å². The van der Waals surface area contributed by atoms with E-state index >= 15 is 0 Å². The minimum absolute atomic E-state index is 0.0571. The summed E-state index contributed by atoms with van der Waals surface area (Å²) in [7, 11) is 0. The molecule has 1 aliphatic heterocycles. The average molecular weight is 353 g/mol. The maximum atomic E-state index is 6.55. The zero-order valence-electron chi connectivity index (χ0n) is 12.7. The first kappa shape index (κ1) is 16.3. The third-order valence-corrected chi connectivity index (χ3v) is 8.14. The van der Waals surface area contributed by atoms with Crippen molar-refractivity contribution in [2.45, 2.75) is 42.1 Å². The molecule has 2 atom stereocenters. The van der Waals surface area contributed by atoms with Crippen LogP contribution in [-0.4, -0.2) is 20.6 Å². The van der Waals surface area contributed by atoms with E-state index in [4.69, 9.17) is 11.6 Å². The van der Waals surface area contributed by atoms with E-state index in [2.05, 4.69) is 52.1 Å². The summed E-state index contributed by atoms with van der Waals surface area (Å²) in [4.78, 5) is 4.15. The van der Waals surface area contributed by atoms with Gasteiger partial charge in [0, 0.05) is 29.2 Å². The standard InChI is InChI=1S/C17H21ClN2S2/c1-2-14-7-12-21-17(22-14,8-10-20-11-9-19-13-20)15-5-3-4-6-16(15)18/h3-6,9,11,13-14H,2,7-8,10,12H2,1H3. The minimum Gasteiger partial charge on any atom is -0.337 e. The van der Waals surface area contributed by atoms with Crippen molar-refractivity contribution < 1.29 is 0 Å². The first-order chi connectivity index (χ1) is 10.7. The normalized spacial score (nSPS) is 25.3. The summed E-state index contributed by atoms with van der Waals surface area (Å²) in [5.74, 6) is 1.21. The van der Waals surface area contributed by atoms with Crippen molar-refractivity contribution in [2.24, 2.45) is 0 Å². The summed E-state index contributed by atoms with van der Waals surface area (Å²) in [6.45, 7) is 3.27. The Labute approximate surface area is 146 Å². The highest BCUT2D eigenvalue weighted by Gasteiger charge is 2.40. The molecule has 2 unspecified atom stereocenters. The smallest absolute Gasteiger partial charge is 0.0945 e. The molecule has 5 heteroatoms. The zero-order chi connectivity index (χ0) is 15.4. The summed E-state index contributed by atoms with van der Waals surface area (Å²) in [5, 5.41) is 1.62. The van der Waals surface area contributed by atoms with E-state index in [0.717, 1.165) is 23.2 Å². The highest BCUT2D eigenvalue weighted by Crippen LogP contribution is 2.57. The lowest BCUT2D eigenvalue weighted by molar-refractivity contribution is 0.603. The highest BCUT2D eigenvalue weighted by atomic mass is 35.5. The number of hydrogen-bond donors (Lipinski definition) is 0. The second kappa shape index (κ2) is 7.33. The van der Waals surface area contributed by atoms with Crippen molar-refractivity contribution >= 4 is 35.1 Å². The van der Waals surface area contributed by atoms with Crippen LogP contribution in [0.5, 0.6) is 0 Å². The molecule has 3 rings (SSSR count). The van der Waals surface area contributed by atoms with Gasteiger partial charge in [-0.1, -0.05) is 36.7 Å². The Bertz CT molecular complexity index is 602. The van der Waals surface area contributed by atoms with Gasteiger partial charge in [-0.25, -0.2) is 4.98 Å². The van der Waals surface area contributed by atoms with Gasteiger partial charge >= 0.3 is 0 Å². The van der Waals surface area contributed by atoms with Crippen LogP contribution in [0.4, 0.5) is 0 Å². The lowest BCUT2D eigenvalue weighted by atomic mass is 10.1. The second-order valence-corrected chi connectivity index (χ2v) is 9.23. The maximum Gasteiger partial charge on any atom is 0.0945 e. The number of aryl methyl sites for hydroxylation is 1. The molecule has 0 N–H and O–H groups in total. The van der Waals surface area contributed by atoms with Crippen molar-refractivity contribution in [1.29, 1.82) is 0 Å². The predicted molar refractivity (Wildman–Crippen MR) is 98.7 cm³/mol. The van der Waals surface area contributed by atoms with Gasteiger partial charge in [0.1, 0.15) is 0 Å². The molecule has 0 bridgehead atoms. The third-order valence-electron chi connectivity index (χ3n) is 4.13. The Hall–Kier alpha value is -0.580. The first-order valence-electron chi connectivity index (χ1n) is 7.76. The molecule has 1 aromatic carbocycles. The van der Waals surface area contributed by atoms with Gasteiger partial charge in [0.25, 0.3) is 0 Å². The number of nitrogens with zero attached hydrogens (tertiary/aromatic N) is 2. The van der Waals surface area contributed by atoms with Crippen molar-refractivity contribution in [3.8, 4) is 0 Å². The SMILES string of the molecule is CCC1CCSC(CCn2ccnc2)(c2ccccc2Cl)S1. The number of halogens is 1. The quantitative estimate of drug-likeness (QED) is 0.714. The Balaban J connectivity index is 1.89. The Morgan fingerprint density at radius 1 is 1.41 bits per heavy atom. The molecular weight excluding hydrogens is 332 g/mol. The highest BCUT2D eigenvalue weighted by molar-refractivity contribution is 8.18. The van der Waals surface area contributed by atoms with E-state index in [1.807, 2.05) is 30.9 Å². The molecule has 1 aromatic heterocycles. The maximum absolute atomic E-state index is 6.55. The zero-order valence-corrected chi connectivity index (χ0v) is 15.1. The molecule has 0 amide bonds. The Morgan fingerprint density at radius 3 is 3.00 bits per heavy atom. The van der Waals surface area contributed by atoms with E-state index in [1.165, 1.54) is 24.2 Å². The number of hydrogen-bond acceptors (Lipinski definition) is 3.